The summed E-state index contributed by atoms with van der Waals surface area (Å²) in [4.78, 5) is 29.3. The van der Waals surface area contributed by atoms with Gasteiger partial charge in [-0.05, 0) is 23.8 Å². The molecule has 0 saturated heterocycles. The topological polar surface area (TPSA) is 70.5 Å². The molecular formula is C18H12F2N2O3S. The van der Waals surface area contributed by atoms with Crippen molar-refractivity contribution in [3.8, 4) is 0 Å². The van der Waals surface area contributed by atoms with Crippen molar-refractivity contribution in [2.75, 3.05) is 11.4 Å². The molecule has 0 aliphatic carbocycles. The molecule has 0 spiro atoms. The molecule has 1 amide bonds. The van der Waals surface area contributed by atoms with E-state index in [1.165, 1.54) is 11.3 Å². The monoisotopic (exact) mass is 374 g/mol. The molecule has 0 saturated carbocycles. The number of carbonyl (C=O) groups excluding carboxylic acids is 1. The molecule has 1 N–H and O–H groups in total. The van der Waals surface area contributed by atoms with Gasteiger partial charge in [0, 0.05) is 12.5 Å². The molecule has 0 bridgehead atoms. The maximum absolute atomic E-state index is 13.7. The lowest BCUT2D eigenvalue weighted by Crippen LogP contribution is -2.34. The fraction of sp³-hybridized carbons (Fsp3) is 0.167. The Kier molecular flexibility index (Phi) is 3.91. The van der Waals surface area contributed by atoms with Crippen LogP contribution in [-0.2, 0) is 16.0 Å². The van der Waals surface area contributed by atoms with E-state index in [9.17, 15) is 18.4 Å². The predicted octanol–water partition coefficient (Wildman–Crippen LogP) is 3.33. The fourth-order valence-electron chi connectivity index (χ4n) is 3.18. The van der Waals surface area contributed by atoms with Crippen LogP contribution in [0, 0.1) is 11.6 Å². The molecule has 0 fully saturated rings. The number of nitrogens with zero attached hydrogens (tertiary/aromatic N) is 2. The fourth-order valence-corrected chi connectivity index (χ4v) is 4.19. The van der Waals surface area contributed by atoms with Crippen LogP contribution in [0.5, 0.6) is 0 Å². The van der Waals surface area contributed by atoms with Gasteiger partial charge in [0.05, 0.1) is 26.8 Å². The molecule has 26 heavy (non-hydrogen) atoms. The number of thiazole rings is 1. The Balaban J connectivity index is 1.75. The average molecular weight is 374 g/mol. The lowest BCUT2D eigenvalue weighted by molar-refractivity contribution is -0.136. The van der Waals surface area contributed by atoms with Gasteiger partial charge in [0.15, 0.2) is 11.6 Å². The van der Waals surface area contributed by atoms with E-state index in [4.69, 9.17) is 5.11 Å². The van der Waals surface area contributed by atoms with Crippen molar-refractivity contribution < 1.29 is 23.5 Å². The SMILES string of the molecule is O=C(O)CN1C(=O)C(Cc2nc3ccccc3s2)c2cc(F)c(F)cc21. The first-order chi connectivity index (χ1) is 12.4. The summed E-state index contributed by atoms with van der Waals surface area (Å²) in [6.07, 6.45) is 0.201. The van der Waals surface area contributed by atoms with Crippen molar-refractivity contribution in [3.63, 3.8) is 0 Å². The second-order valence-corrected chi connectivity index (χ2v) is 7.09. The number of amides is 1. The first-order valence-corrected chi connectivity index (χ1v) is 8.62. The zero-order valence-corrected chi connectivity index (χ0v) is 14.1. The molecular weight excluding hydrogens is 362 g/mol. The van der Waals surface area contributed by atoms with Crippen LogP contribution in [0.1, 0.15) is 16.5 Å². The summed E-state index contributed by atoms with van der Waals surface area (Å²) in [5.41, 5.74) is 1.18. The number of halogens is 2. The van der Waals surface area contributed by atoms with E-state index < -0.39 is 36.0 Å². The minimum absolute atomic E-state index is 0.0995. The zero-order chi connectivity index (χ0) is 18.4. The molecule has 4 rings (SSSR count). The number of carbonyl (C=O) groups is 2. The number of hydrogen-bond acceptors (Lipinski definition) is 4. The zero-order valence-electron chi connectivity index (χ0n) is 13.3. The van der Waals surface area contributed by atoms with Crippen molar-refractivity contribution in [1.29, 1.82) is 0 Å². The molecule has 1 aliphatic rings. The van der Waals surface area contributed by atoms with Gasteiger partial charge in [-0.15, -0.1) is 11.3 Å². The Morgan fingerprint density at radius 1 is 1.23 bits per heavy atom. The van der Waals surface area contributed by atoms with Crippen molar-refractivity contribution in [2.45, 2.75) is 12.3 Å². The number of fused-ring (bicyclic) bond motifs is 2. The molecule has 3 aromatic rings. The molecule has 1 aliphatic heterocycles. The number of rotatable bonds is 4. The normalized spacial score (nSPS) is 16.3. The Bertz CT molecular complexity index is 1020. The van der Waals surface area contributed by atoms with Crippen LogP contribution < -0.4 is 4.90 Å². The molecule has 132 valence electrons. The number of aromatic nitrogens is 1. The van der Waals surface area contributed by atoms with Crippen LogP contribution in [0.3, 0.4) is 0 Å². The maximum atomic E-state index is 13.7. The van der Waals surface area contributed by atoms with Crippen molar-refractivity contribution >= 4 is 39.1 Å². The molecule has 8 heteroatoms. The first-order valence-electron chi connectivity index (χ1n) is 7.80. The van der Waals surface area contributed by atoms with Crippen molar-refractivity contribution in [2.24, 2.45) is 0 Å². The van der Waals surface area contributed by atoms with Gasteiger partial charge >= 0.3 is 5.97 Å². The summed E-state index contributed by atoms with van der Waals surface area (Å²) in [7, 11) is 0. The highest BCUT2D eigenvalue weighted by atomic mass is 32.1. The van der Waals surface area contributed by atoms with E-state index in [2.05, 4.69) is 4.98 Å². The third-order valence-corrected chi connectivity index (χ3v) is 5.37. The highest BCUT2D eigenvalue weighted by Crippen LogP contribution is 2.41. The summed E-state index contributed by atoms with van der Waals surface area (Å²) in [6.45, 7) is -0.604. The minimum Gasteiger partial charge on any atom is -0.480 e. The lowest BCUT2D eigenvalue weighted by Gasteiger charge is -2.15. The average Bonchev–Trinajstić information content (AvgIpc) is 3.10. The van der Waals surface area contributed by atoms with Gasteiger partial charge in [-0.2, -0.15) is 0 Å². The number of para-hydroxylation sites is 1. The lowest BCUT2D eigenvalue weighted by atomic mass is 9.97. The van der Waals surface area contributed by atoms with Crippen LogP contribution in [0.25, 0.3) is 10.2 Å². The predicted molar refractivity (Wildman–Crippen MR) is 92.4 cm³/mol. The quantitative estimate of drug-likeness (QED) is 0.760. The smallest absolute Gasteiger partial charge is 0.323 e. The largest absolute Gasteiger partial charge is 0.480 e. The number of hydrogen-bond donors (Lipinski definition) is 1. The summed E-state index contributed by atoms with van der Waals surface area (Å²) in [5.74, 6) is -4.70. The Labute approximate surface area is 150 Å². The molecule has 5 nitrogen and oxygen atoms in total. The van der Waals surface area contributed by atoms with Crippen LogP contribution in [-0.4, -0.2) is 28.5 Å². The highest BCUT2D eigenvalue weighted by Gasteiger charge is 2.39. The van der Waals surface area contributed by atoms with E-state index in [0.29, 0.717) is 5.01 Å². The summed E-state index contributed by atoms with van der Waals surface area (Å²) in [6, 6.07) is 9.35. The Hall–Kier alpha value is -2.87. The molecule has 1 aromatic heterocycles. The minimum atomic E-state index is -1.23. The molecule has 1 unspecified atom stereocenters. The van der Waals surface area contributed by atoms with Gasteiger partial charge in [-0.25, -0.2) is 13.8 Å². The number of carboxylic acids is 1. The summed E-state index contributed by atoms with van der Waals surface area (Å²) < 4.78 is 28.3. The van der Waals surface area contributed by atoms with Gasteiger partial charge < -0.3 is 10.0 Å². The maximum Gasteiger partial charge on any atom is 0.323 e. The van der Waals surface area contributed by atoms with Gasteiger partial charge in [0.1, 0.15) is 6.54 Å². The number of aliphatic carboxylic acids is 1. The van der Waals surface area contributed by atoms with Crippen molar-refractivity contribution in [1.82, 2.24) is 4.98 Å². The number of anilines is 1. The molecule has 0 radical (unpaired) electrons. The van der Waals surface area contributed by atoms with E-state index >= 15 is 0 Å². The Morgan fingerprint density at radius 2 is 1.96 bits per heavy atom. The second kappa shape index (κ2) is 6.14. The van der Waals surface area contributed by atoms with Crippen LogP contribution in [0.15, 0.2) is 36.4 Å². The van der Waals surface area contributed by atoms with Crippen LogP contribution >= 0.6 is 11.3 Å². The van der Waals surface area contributed by atoms with E-state index in [0.717, 1.165) is 27.2 Å². The highest BCUT2D eigenvalue weighted by molar-refractivity contribution is 7.18. The van der Waals surface area contributed by atoms with Gasteiger partial charge in [-0.3, -0.25) is 9.59 Å². The van der Waals surface area contributed by atoms with E-state index in [1.807, 2.05) is 24.3 Å². The van der Waals surface area contributed by atoms with Crippen LogP contribution in [0.2, 0.25) is 0 Å². The molecule has 1 atom stereocenters. The summed E-state index contributed by atoms with van der Waals surface area (Å²) in [5, 5.41) is 9.72. The first kappa shape index (κ1) is 16.6. The Morgan fingerprint density at radius 3 is 2.69 bits per heavy atom. The third kappa shape index (κ3) is 2.72. The van der Waals surface area contributed by atoms with Gasteiger partial charge in [-0.1, -0.05) is 12.1 Å². The van der Waals surface area contributed by atoms with E-state index in [1.54, 1.807) is 0 Å². The molecule has 2 aromatic carbocycles. The van der Waals surface area contributed by atoms with Gasteiger partial charge in [0.25, 0.3) is 0 Å². The number of carboxylic acid groups (broad SMARTS) is 1. The standard InChI is InChI=1S/C18H12F2N2O3S/c19-11-5-9-10(6-16-21-13-3-1-2-4-15(13)26-16)18(25)22(8-17(23)24)14(9)7-12(11)20/h1-5,7,10H,6,8H2,(H,23,24). The summed E-state index contributed by atoms with van der Waals surface area (Å²) >= 11 is 1.42. The second-order valence-electron chi connectivity index (χ2n) is 5.98. The van der Waals surface area contributed by atoms with E-state index in [-0.39, 0.29) is 17.7 Å². The third-order valence-electron chi connectivity index (χ3n) is 4.31. The van der Waals surface area contributed by atoms with Gasteiger partial charge in [0.2, 0.25) is 5.91 Å². The van der Waals surface area contributed by atoms with Crippen molar-refractivity contribution in [3.05, 3.63) is 58.6 Å². The molecule has 2 heterocycles. The van der Waals surface area contributed by atoms with Crippen LogP contribution in [0.4, 0.5) is 14.5 Å². The number of benzene rings is 2.